The molecular weight excluding hydrogens is 488 g/mol. The van der Waals surface area contributed by atoms with Gasteiger partial charge in [-0.3, -0.25) is 9.48 Å². The fraction of sp³-hybridized carbons (Fsp3) is 0.423. The Hall–Kier alpha value is -3.57. The van der Waals surface area contributed by atoms with Gasteiger partial charge in [-0.15, -0.1) is 11.3 Å². The van der Waals surface area contributed by atoms with Crippen molar-refractivity contribution in [1.29, 1.82) is 0 Å². The SMILES string of the molecule is Cc1cc(Nc2cc3nc(-c4cc5n(n4)CC(=O)N(C(C)C)CC5)sc3cn2)nc(O[C@H]2CCNC2)c1. The minimum absolute atomic E-state index is 0.103. The van der Waals surface area contributed by atoms with Gasteiger partial charge in [0.05, 0.1) is 10.2 Å². The summed E-state index contributed by atoms with van der Waals surface area (Å²) in [6.45, 7) is 8.90. The Morgan fingerprint density at radius 3 is 2.89 bits per heavy atom. The normalized spacial score (nSPS) is 17.9. The molecule has 2 aliphatic heterocycles. The standard InChI is InChI=1S/C26H30N8O2S/c1-15(2)33-7-5-17-10-20(32-34(17)14-25(33)35)26-29-19-11-22(28-13-21(19)37-26)30-23-8-16(3)9-24(31-23)36-18-4-6-27-12-18/h8-11,13,15,18,27H,4-7,12,14H2,1-3H3,(H,28,30,31)/t18-/m0/s1. The molecule has 37 heavy (non-hydrogen) atoms. The molecule has 0 radical (unpaired) electrons. The van der Waals surface area contributed by atoms with Crippen molar-refractivity contribution in [2.45, 2.75) is 52.3 Å². The topological polar surface area (TPSA) is 110 Å². The van der Waals surface area contributed by atoms with E-state index >= 15 is 0 Å². The summed E-state index contributed by atoms with van der Waals surface area (Å²) in [6, 6.07) is 8.09. The predicted octanol–water partition coefficient (Wildman–Crippen LogP) is 3.54. The van der Waals surface area contributed by atoms with E-state index < -0.39 is 0 Å². The van der Waals surface area contributed by atoms with Gasteiger partial charge in [0.2, 0.25) is 11.8 Å². The number of aryl methyl sites for hydroxylation is 1. The second kappa shape index (κ2) is 9.71. The van der Waals surface area contributed by atoms with Gasteiger partial charge in [-0.1, -0.05) is 0 Å². The number of amides is 1. The monoisotopic (exact) mass is 518 g/mol. The van der Waals surface area contributed by atoms with E-state index in [4.69, 9.17) is 14.8 Å². The Kier molecular flexibility index (Phi) is 6.25. The van der Waals surface area contributed by atoms with Gasteiger partial charge in [0.25, 0.3) is 0 Å². The molecule has 0 saturated carbocycles. The number of carbonyl (C=O) groups is 1. The van der Waals surface area contributed by atoms with Crippen LogP contribution in [0, 0.1) is 6.92 Å². The molecule has 1 atom stereocenters. The summed E-state index contributed by atoms with van der Waals surface area (Å²) in [4.78, 5) is 28.6. The summed E-state index contributed by atoms with van der Waals surface area (Å²) < 4.78 is 8.84. The minimum Gasteiger partial charge on any atom is -0.473 e. The fourth-order valence-electron chi connectivity index (χ4n) is 4.83. The molecular formula is C26H30N8O2S. The number of hydrogen-bond acceptors (Lipinski definition) is 9. The molecule has 6 rings (SSSR count). The third-order valence-corrected chi connectivity index (χ3v) is 7.73. The summed E-state index contributed by atoms with van der Waals surface area (Å²) in [7, 11) is 0. The Balaban J connectivity index is 1.21. The first-order chi connectivity index (χ1) is 17.9. The van der Waals surface area contributed by atoms with Crippen molar-refractivity contribution < 1.29 is 9.53 Å². The van der Waals surface area contributed by atoms with Crippen LogP contribution in [-0.4, -0.2) is 67.3 Å². The fourth-order valence-corrected chi connectivity index (χ4v) is 5.70. The lowest BCUT2D eigenvalue weighted by atomic mass is 10.2. The molecule has 0 aliphatic carbocycles. The second-order valence-electron chi connectivity index (χ2n) is 9.89. The number of rotatable bonds is 6. The zero-order chi connectivity index (χ0) is 25.5. The molecule has 2 aliphatic rings. The van der Waals surface area contributed by atoms with Gasteiger partial charge in [-0.2, -0.15) is 10.1 Å². The molecule has 4 aromatic heterocycles. The van der Waals surface area contributed by atoms with Gasteiger partial charge in [0.15, 0.2) is 0 Å². The lowest BCUT2D eigenvalue weighted by Crippen LogP contribution is -2.38. The number of ether oxygens (including phenoxy) is 1. The summed E-state index contributed by atoms with van der Waals surface area (Å²) in [5.74, 6) is 2.06. The molecule has 0 unspecified atom stereocenters. The van der Waals surface area contributed by atoms with E-state index in [1.165, 1.54) is 0 Å². The Bertz CT molecular complexity index is 1460. The maximum absolute atomic E-state index is 12.6. The number of anilines is 2. The number of hydrogen-bond donors (Lipinski definition) is 2. The summed E-state index contributed by atoms with van der Waals surface area (Å²) in [5.41, 5.74) is 3.75. The highest BCUT2D eigenvalue weighted by atomic mass is 32.1. The van der Waals surface area contributed by atoms with Crippen molar-refractivity contribution in [3.63, 3.8) is 0 Å². The zero-order valence-corrected chi connectivity index (χ0v) is 22.0. The van der Waals surface area contributed by atoms with E-state index in [9.17, 15) is 4.79 Å². The van der Waals surface area contributed by atoms with Crippen LogP contribution >= 0.6 is 11.3 Å². The van der Waals surface area contributed by atoms with Crippen LogP contribution in [0.25, 0.3) is 20.9 Å². The van der Waals surface area contributed by atoms with Crippen molar-refractivity contribution in [3.05, 3.63) is 41.7 Å². The van der Waals surface area contributed by atoms with Gasteiger partial charge in [-0.25, -0.2) is 9.97 Å². The van der Waals surface area contributed by atoms with Gasteiger partial charge in [0, 0.05) is 49.6 Å². The van der Waals surface area contributed by atoms with E-state index in [1.807, 2.05) is 54.7 Å². The molecule has 1 saturated heterocycles. The third kappa shape index (κ3) is 5.01. The highest BCUT2D eigenvalue weighted by Gasteiger charge is 2.24. The average Bonchev–Trinajstić information content (AvgIpc) is 3.57. The average molecular weight is 519 g/mol. The van der Waals surface area contributed by atoms with E-state index in [0.717, 1.165) is 58.1 Å². The van der Waals surface area contributed by atoms with Gasteiger partial charge in [0.1, 0.15) is 35.0 Å². The molecule has 192 valence electrons. The second-order valence-corrected chi connectivity index (χ2v) is 10.9. The van der Waals surface area contributed by atoms with Crippen molar-refractivity contribution in [2.24, 2.45) is 0 Å². The van der Waals surface area contributed by atoms with Crippen LogP contribution in [0.2, 0.25) is 0 Å². The van der Waals surface area contributed by atoms with Gasteiger partial charge >= 0.3 is 0 Å². The largest absolute Gasteiger partial charge is 0.473 e. The number of nitrogens with one attached hydrogen (secondary N) is 2. The number of aromatic nitrogens is 5. The Morgan fingerprint density at radius 1 is 1.19 bits per heavy atom. The van der Waals surface area contributed by atoms with E-state index in [-0.39, 0.29) is 24.6 Å². The van der Waals surface area contributed by atoms with E-state index in [1.54, 1.807) is 11.3 Å². The molecule has 0 aromatic carbocycles. The summed E-state index contributed by atoms with van der Waals surface area (Å²) in [6.07, 6.45) is 3.73. The predicted molar refractivity (Wildman–Crippen MR) is 143 cm³/mol. The quantitative estimate of drug-likeness (QED) is 0.399. The van der Waals surface area contributed by atoms with E-state index in [2.05, 4.69) is 26.7 Å². The van der Waals surface area contributed by atoms with Crippen LogP contribution < -0.4 is 15.4 Å². The molecule has 0 spiro atoms. The lowest BCUT2D eigenvalue weighted by molar-refractivity contribution is -0.133. The molecule has 6 heterocycles. The van der Waals surface area contributed by atoms with Crippen LogP contribution in [0.5, 0.6) is 5.88 Å². The van der Waals surface area contributed by atoms with E-state index in [0.29, 0.717) is 24.1 Å². The van der Waals surface area contributed by atoms with Crippen LogP contribution in [0.1, 0.15) is 31.5 Å². The summed E-state index contributed by atoms with van der Waals surface area (Å²) in [5, 5.41) is 12.2. The first-order valence-corrected chi connectivity index (χ1v) is 13.5. The van der Waals surface area contributed by atoms with Crippen LogP contribution in [0.4, 0.5) is 11.6 Å². The van der Waals surface area contributed by atoms with Crippen LogP contribution in [-0.2, 0) is 17.8 Å². The van der Waals surface area contributed by atoms with Crippen molar-refractivity contribution in [1.82, 2.24) is 34.9 Å². The molecule has 0 bridgehead atoms. The first kappa shape index (κ1) is 23.8. The Morgan fingerprint density at radius 2 is 2.08 bits per heavy atom. The molecule has 1 fully saturated rings. The highest BCUT2D eigenvalue weighted by Crippen LogP contribution is 2.32. The number of carbonyl (C=O) groups excluding carboxylic acids is 1. The number of pyridine rings is 2. The lowest BCUT2D eigenvalue weighted by Gasteiger charge is -2.24. The Labute approximate surface area is 219 Å². The maximum atomic E-state index is 12.6. The summed E-state index contributed by atoms with van der Waals surface area (Å²) >= 11 is 1.55. The van der Waals surface area contributed by atoms with Gasteiger partial charge in [-0.05, 0) is 51.4 Å². The number of thiazole rings is 1. The van der Waals surface area contributed by atoms with Crippen LogP contribution in [0.15, 0.2) is 30.5 Å². The smallest absolute Gasteiger partial charge is 0.244 e. The maximum Gasteiger partial charge on any atom is 0.244 e. The molecule has 4 aromatic rings. The molecule has 2 N–H and O–H groups in total. The first-order valence-electron chi connectivity index (χ1n) is 12.7. The number of fused-ring (bicyclic) bond motifs is 2. The van der Waals surface area contributed by atoms with Crippen molar-refractivity contribution in [2.75, 3.05) is 25.0 Å². The zero-order valence-electron chi connectivity index (χ0n) is 21.2. The van der Waals surface area contributed by atoms with Crippen LogP contribution in [0.3, 0.4) is 0 Å². The third-order valence-electron chi connectivity index (χ3n) is 6.70. The van der Waals surface area contributed by atoms with Crippen molar-refractivity contribution in [3.8, 4) is 16.6 Å². The molecule has 1 amide bonds. The minimum atomic E-state index is 0.103. The highest BCUT2D eigenvalue weighted by molar-refractivity contribution is 7.21. The molecule has 10 nitrogen and oxygen atoms in total. The van der Waals surface area contributed by atoms with Gasteiger partial charge < -0.3 is 20.3 Å². The molecule has 11 heteroatoms. The number of nitrogens with zero attached hydrogens (tertiary/aromatic N) is 6. The van der Waals surface area contributed by atoms with Crippen molar-refractivity contribution >= 4 is 39.1 Å².